The van der Waals surface area contributed by atoms with Crippen molar-refractivity contribution >= 4 is 23.8 Å². The van der Waals surface area contributed by atoms with E-state index in [9.17, 15) is 4.79 Å². The van der Waals surface area contributed by atoms with Crippen LogP contribution < -0.4 is 4.90 Å². The number of hydrogen-bond acceptors (Lipinski definition) is 5. The molecule has 1 amide bonds. The van der Waals surface area contributed by atoms with Gasteiger partial charge in [0.2, 0.25) is 0 Å². The Hall–Kier alpha value is -2.89. The van der Waals surface area contributed by atoms with Gasteiger partial charge in [-0.05, 0) is 26.0 Å². The topological polar surface area (TPSA) is 58.0 Å². The summed E-state index contributed by atoms with van der Waals surface area (Å²) in [4.78, 5) is 25.2. The zero-order valence-electron chi connectivity index (χ0n) is 15.3. The van der Waals surface area contributed by atoms with Crippen LogP contribution in [0.5, 0.6) is 0 Å². The Morgan fingerprint density at radius 3 is 2.54 bits per heavy atom. The number of anilines is 1. The number of piperazine rings is 1. The largest absolute Gasteiger partial charge is 0.450 e. The second-order valence-electron chi connectivity index (χ2n) is 5.97. The zero-order chi connectivity index (χ0) is 18.4. The zero-order valence-corrected chi connectivity index (χ0v) is 15.3. The lowest BCUT2D eigenvalue weighted by molar-refractivity contribution is 0.105. The van der Waals surface area contributed by atoms with E-state index in [1.807, 2.05) is 56.3 Å². The van der Waals surface area contributed by atoms with Crippen LogP contribution in [0.3, 0.4) is 0 Å². The van der Waals surface area contributed by atoms with Gasteiger partial charge in [-0.3, -0.25) is 4.99 Å². The highest BCUT2D eigenvalue weighted by Gasteiger charge is 2.24. The third kappa shape index (κ3) is 4.02. The number of rotatable bonds is 4. The maximum atomic E-state index is 11.9. The molecule has 1 saturated heterocycles. The van der Waals surface area contributed by atoms with Gasteiger partial charge in [0.15, 0.2) is 5.82 Å². The summed E-state index contributed by atoms with van der Waals surface area (Å²) >= 11 is 0. The van der Waals surface area contributed by atoms with Crippen molar-refractivity contribution in [1.29, 1.82) is 0 Å². The number of aliphatic imine (C=N–C) groups is 1. The van der Waals surface area contributed by atoms with Crippen molar-refractivity contribution in [3.8, 4) is 11.3 Å². The summed E-state index contributed by atoms with van der Waals surface area (Å²) in [6.45, 7) is 6.76. The lowest BCUT2D eigenvalue weighted by atomic mass is 10.1. The van der Waals surface area contributed by atoms with Crippen molar-refractivity contribution in [2.75, 3.05) is 37.7 Å². The van der Waals surface area contributed by atoms with Crippen LogP contribution in [0.25, 0.3) is 11.3 Å². The first-order valence-corrected chi connectivity index (χ1v) is 8.94. The third-order valence-corrected chi connectivity index (χ3v) is 4.30. The number of hydrogen-bond donors (Lipinski definition) is 0. The molecule has 0 bridgehead atoms. The molecule has 6 nitrogen and oxygen atoms in total. The average molecular weight is 352 g/mol. The summed E-state index contributed by atoms with van der Waals surface area (Å²) < 4.78 is 5.09. The van der Waals surface area contributed by atoms with Crippen molar-refractivity contribution in [2.45, 2.75) is 13.8 Å². The fraction of sp³-hybridized carbons (Fsp3) is 0.350. The van der Waals surface area contributed by atoms with E-state index in [1.165, 1.54) is 0 Å². The standard InChI is InChI=1S/C20H24N4O2/c1-3-21-18-11-10-17(16-8-6-5-7-9-16)22-19(18)23-12-14-24(15-13-23)20(25)26-4-2/h3,5-11H,4,12-15H2,1-2H3. The van der Waals surface area contributed by atoms with Crippen LogP contribution in [-0.4, -0.2) is 55.0 Å². The first kappa shape index (κ1) is 17.9. The van der Waals surface area contributed by atoms with E-state index in [-0.39, 0.29) is 6.09 Å². The van der Waals surface area contributed by atoms with Gasteiger partial charge < -0.3 is 14.5 Å². The molecule has 6 heteroatoms. The molecule has 0 aliphatic carbocycles. The van der Waals surface area contributed by atoms with Crippen LogP contribution in [-0.2, 0) is 4.74 Å². The molecule has 2 heterocycles. The molecule has 1 aliphatic heterocycles. The van der Waals surface area contributed by atoms with Crippen molar-refractivity contribution < 1.29 is 9.53 Å². The van der Waals surface area contributed by atoms with Crippen LogP contribution in [0.1, 0.15) is 13.8 Å². The summed E-state index contributed by atoms with van der Waals surface area (Å²) in [5.41, 5.74) is 2.84. The van der Waals surface area contributed by atoms with Crippen molar-refractivity contribution in [2.24, 2.45) is 4.99 Å². The Morgan fingerprint density at radius 1 is 1.15 bits per heavy atom. The van der Waals surface area contributed by atoms with Crippen molar-refractivity contribution in [3.63, 3.8) is 0 Å². The summed E-state index contributed by atoms with van der Waals surface area (Å²) in [7, 11) is 0. The molecule has 0 radical (unpaired) electrons. The molecule has 1 aliphatic rings. The van der Waals surface area contributed by atoms with Crippen molar-refractivity contribution in [1.82, 2.24) is 9.88 Å². The quantitative estimate of drug-likeness (QED) is 0.787. The van der Waals surface area contributed by atoms with Gasteiger partial charge in [0.05, 0.1) is 12.3 Å². The maximum absolute atomic E-state index is 11.9. The van der Waals surface area contributed by atoms with Crippen molar-refractivity contribution in [3.05, 3.63) is 42.5 Å². The van der Waals surface area contributed by atoms with Gasteiger partial charge >= 0.3 is 6.09 Å². The first-order chi connectivity index (χ1) is 12.7. The highest BCUT2D eigenvalue weighted by Crippen LogP contribution is 2.30. The summed E-state index contributed by atoms with van der Waals surface area (Å²) in [5, 5.41) is 0. The number of carbonyl (C=O) groups excluding carboxylic acids is 1. The molecule has 0 unspecified atom stereocenters. The van der Waals surface area contributed by atoms with Gasteiger partial charge in [-0.1, -0.05) is 30.3 Å². The Bertz CT molecular complexity index is 769. The number of carbonyl (C=O) groups is 1. The smallest absolute Gasteiger partial charge is 0.409 e. The average Bonchev–Trinajstić information content (AvgIpc) is 2.69. The van der Waals surface area contributed by atoms with Crippen LogP contribution >= 0.6 is 0 Å². The SMILES string of the molecule is CC=Nc1ccc(-c2ccccc2)nc1N1CCN(C(=O)OCC)CC1. The van der Waals surface area contributed by atoms with Gasteiger partial charge in [-0.25, -0.2) is 9.78 Å². The monoisotopic (exact) mass is 352 g/mol. The lowest BCUT2D eigenvalue weighted by Gasteiger charge is -2.35. The Kier molecular flexibility index (Phi) is 5.84. The van der Waals surface area contributed by atoms with Gasteiger partial charge in [0.1, 0.15) is 5.69 Å². The van der Waals surface area contributed by atoms with E-state index in [4.69, 9.17) is 9.72 Å². The molecule has 0 saturated carbocycles. The van der Waals surface area contributed by atoms with E-state index >= 15 is 0 Å². The predicted molar refractivity (Wildman–Crippen MR) is 104 cm³/mol. The Morgan fingerprint density at radius 2 is 1.88 bits per heavy atom. The van der Waals surface area contributed by atoms with Crippen LogP contribution in [0, 0.1) is 0 Å². The second kappa shape index (κ2) is 8.47. The van der Waals surface area contributed by atoms with E-state index in [2.05, 4.69) is 9.89 Å². The summed E-state index contributed by atoms with van der Waals surface area (Å²) in [6.07, 6.45) is 1.53. The minimum atomic E-state index is -0.245. The highest BCUT2D eigenvalue weighted by molar-refractivity contribution is 5.74. The van der Waals surface area contributed by atoms with Gasteiger partial charge in [-0.2, -0.15) is 0 Å². The molecule has 1 aromatic carbocycles. The molecule has 0 spiro atoms. The minimum Gasteiger partial charge on any atom is -0.450 e. The number of benzene rings is 1. The molecule has 1 fully saturated rings. The molecular formula is C20H24N4O2. The Labute approximate surface area is 154 Å². The van der Waals surface area contributed by atoms with Gasteiger partial charge in [0, 0.05) is 38.0 Å². The van der Waals surface area contributed by atoms with E-state index < -0.39 is 0 Å². The fourth-order valence-electron chi connectivity index (χ4n) is 3.00. The van der Waals surface area contributed by atoms with Crippen LogP contribution in [0.15, 0.2) is 47.5 Å². The molecule has 26 heavy (non-hydrogen) atoms. The number of amides is 1. The summed E-state index contributed by atoms with van der Waals surface area (Å²) in [6, 6.07) is 14.1. The highest BCUT2D eigenvalue weighted by atomic mass is 16.6. The normalized spacial score (nSPS) is 14.7. The first-order valence-electron chi connectivity index (χ1n) is 8.94. The molecule has 136 valence electrons. The number of nitrogens with zero attached hydrogens (tertiary/aromatic N) is 4. The number of aromatic nitrogens is 1. The number of ether oxygens (including phenoxy) is 1. The third-order valence-electron chi connectivity index (χ3n) is 4.30. The number of pyridine rings is 1. The second-order valence-corrected chi connectivity index (χ2v) is 5.97. The predicted octanol–water partition coefficient (Wildman–Crippen LogP) is 3.75. The van der Waals surface area contributed by atoms with E-state index in [0.717, 1.165) is 22.8 Å². The molecule has 0 atom stereocenters. The maximum Gasteiger partial charge on any atom is 0.409 e. The van der Waals surface area contributed by atoms with Gasteiger partial charge in [0.25, 0.3) is 0 Å². The van der Waals surface area contributed by atoms with Crippen LogP contribution in [0.2, 0.25) is 0 Å². The van der Waals surface area contributed by atoms with E-state index in [1.54, 1.807) is 11.1 Å². The molecular weight excluding hydrogens is 328 g/mol. The van der Waals surface area contributed by atoms with Crippen LogP contribution in [0.4, 0.5) is 16.3 Å². The van der Waals surface area contributed by atoms with E-state index in [0.29, 0.717) is 32.8 Å². The van der Waals surface area contributed by atoms with Gasteiger partial charge in [-0.15, -0.1) is 0 Å². The molecule has 2 aromatic rings. The fourth-order valence-corrected chi connectivity index (χ4v) is 3.00. The molecule has 1 aromatic heterocycles. The summed E-state index contributed by atoms with van der Waals surface area (Å²) in [5.74, 6) is 0.855. The lowest BCUT2D eigenvalue weighted by Crippen LogP contribution is -2.49. The minimum absolute atomic E-state index is 0.245. The molecule has 0 N–H and O–H groups in total. The Balaban J connectivity index is 1.83. The molecule has 3 rings (SSSR count).